The Kier molecular flexibility index (Phi) is 4.32. The van der Waals surface area contributed by atoms with E-state index in [4.69, 9.17) is 0 Å². The second-order valence-corrected chi connectivity index (χ2v) is 6.56. The van der Waals surface area contributed by atoms with E-state index in [2.05, 4.69) is 15.3 Å². The summed E-state index contributed by atoms with van der Waals surface area (Å²) in [5, 5.41) is 12.3. The predicted molar refractivity (Wildman–Crippen MR) is 76.9 cm³/mol. The molecule has 0 radical (unpaired) electrons. The van der Waals surface area contributed by atoms with Crippen LogP contribution in [0.1, 0.15) is 48.2 Å². The van der Waals surface area contributed by atoms with Crippen molar-refractivity contribution in [1.82, 2.24) is 20.2 Å². The lowest BCUT2D eigenvalue weighted by Gasteiger charge is -2.19. The minimum atomic E-state index is -0.491. The fourth-order valence-corrected chi connectivity index (χ4v) is 2.14. The average molecular weight is 294 g/mol. The average Bonchev–Trinajstić information content (AvgIpc) is 3.02. The number of aromatic nitrogens is 2. The van der Waals surface area contributed by atoms with Crippen molar-refractivity contribution in [2.75, 3.05) is 19.6 Å². The molecule has 0 aromatic carbocycles. The SMILES string of the molecule is CC(C)(C)CNC(=O)c1nc[nH]c1C(=O)N1CC[C@@H](O)C1. The van der Waals surface area contributed by atoms with E-state index < -0.39 is 6.10 Å². The van der Waals surface area contributed by atoms with Gasteiger partial charge in [0.15, 0.2) is 5.69 Å². The van der Waals surface area contributed by atoms with Crippen LogP contribution in [0.25, 0.3) is 0 Å². The monoisotopic (exact) mass is 294 g/mol. The highest BCUT2D eigenvalue weighted by Gasteiger charge is 2.29. The van der Waals surface area contributed by atoms with E-state index in [0.717, 1.165) is 0 Å². The summed E-state index contributed by atoms with van der Waals surface area (Å²) < 4.78 is 0. The molecule has 0 unspecified atom stereocenters. The molecule has 0 aliphatic carbocycles. The van der Waals surface area contributed by atoms with Gasteiger partial charge < -0.3 is 20.3 Å². The molecule has 1 aromatic heterocycles. The minimum Gasteiger partial charge on any atom is -0.391 e. The van der Waals surface area contributed by atoms with Crippen molar-refractivity contribution in [3.8, 4) is 0 Å². The Morgan fingerprint density at radius 3 is 2.81 bits per heavy atom. The standard InChI is InChI=1S/C14H22N4O3/c1-14(2,3)7-15-12(20)10-11(17-8-16-10)13(21)18-5-4-9(19)6-18/h8-9,19H,4-7H2,1-3H3,(H,15,20)(H,16,17)/t9-/m1/s1. The summed E-state index contributed by atoms with van der Waals surface area (Å²) in [6.07, 6.45) is 1.41. The van der Waals surface area contributed by atoms with Gasteiger partial charge in [0.2, 0.25) is 0 Å². The van der Waals surface area contributed by atoms with Crippen molar-refractivity contribution < 1.29 is 14.7 Å². The Morgan fingerprint density at radius 1 is 1.52 bits per heavy atom. The molecular formula is C14H22N4O3. The molecule has 0 bridgehead atoms. The first-order valence-electron chi connectivity index (χ1n) is 7.07. The van der Waals surface area contributed by atoms with Gasteiger partial charge in [-0.2, -0.15) is 0 Å². The van der Waals surface area contributed by atoms with E-state index in [1.54, 1.807) is 0 Å². The van der Waals surface area contributed by atoms with Gasteiger partial charge in [-0.1, -0.05) is 20.8 Å². The van der Waals surface area contributed by atoms with Gasteiger partial charge in [0, 0.05) is 19.6 Å². The highest BCUT2D eigenvalue weighted by Crippen LogP contribution is 2.15. The number of imidazole rings is 1. The Labute approximate surface area is 123 Å². The number of aliphatic hydroxyl groups is 1. The number of rotatable bonds is 3. The van der Waals surface area contributed by atoms with Crippen molar-refractivity contribution in [2.24, 2.45) is 5.41 Å². The molecule has 7 nitrogen and oxygen atoms in total. The van der Waals surface area contributed by atoms with Gasteiger partial charge in [0.1, 0.15) is 5.69 Å². The number of likely N-dealkylation sites (tertiary alicyclic amines) is 1. The van der Waals surface area contributed by atoms with Crippen LogP contribution in [0.4, 0.5) is 0 Å². The van der Waals surface area contributed by atoms with Crippen molar-refractivity contribution >= 4 is 11.8 Å². The zero-order valence-corrected chi connectivity index (χ0v) is 12.6. The van der Waals surface area contributed by atoms with Gasteiger partial charge in [0.25, 0.3) is 11.8 Å². The number of aliphatic hydroxyl groups excluding tert-OH is 1. The highest BCUT2D eigenvalue weighted by molar-refractivity contribution is 6.04. The fraction of sp³-hybridized carbons (Fsp3) is 0.643. The van der Waals surface area contributed by atoms with Crippen molar-refractivity contribution in [3.63, 3.8) is 0 Å². The van der Waals surface area contributed by atoms with E-state index in [1.807, 2.05) is 20.8 Å². The third-order valence-corrected chi connectivity index (χ3v) is 3.30. The number of carbonyl (C=O) groups is 2. The molecule has 1 atom stereocenters. The quantitative estimate of drug-likeness (QED) is 0.751. The number of hydrogen-bond acceptors (Lipinski definition) is 4. The molecular weight excluding hydrogens is 272 g/mol. The largest absolute Gasteiger partial charge is 0.391 e. The molecule has 0 spiro atoms. The summed E-state index contributed by atoms with van der Waals surface area (Å²) in [6, 6.07) is 0. The lowest BCUT2D eigenvalue weighted by atomic mass is 9.97. The molecule has 2 heterocycles. The Balaban J connectivity index is 2.07. The number of nitrogens with one attached hydrogen (secondary N) is 2. The third-order valence-electron chi connectivity index (χ3n) is 3.30. The molecule has 1 aromatic rings. The van der Waals surface area contributed by atoms with E-state index in [9.17, 15) is 14.7 Å². The summed E-state index contributed by atoms with van der Waals surface area (Å²) in [5.74, 6) is -0.667. The second kappa shape index (κ2) is 5.85. The molecule has 7 heteroatoms. The Bertz CT molecular complexity index is 533. The number of nitrogens with zero attached hydrogens (tertiary/aromatic N) is 2. The van der Waals surface area contributed by atoms with Crippen LogP contribution in [0, 0.1) is 5.41 Å². The number of hydrogen-bond donors (Lipinski definition) is 3. The number of β-amino-alcohol motifs (C(OH)–C–C–N with tert-alkyl or cyclic N) is 1. The number of H-pyrrole nitrogens is 1. The van der Waals surface area contributed by atoms with E-state index >= 15 is 0 Å². The van der Waals surface area contributed by atoms with Crippen LogP contribution in [0.3, 0.4) is 0 Å². The van der Waals surface area contributed by atoms with Crippen molar-refractivity contribution in [3.05, 3.63) is 17.7 Å². The summed E-state index contributed by atoms with van der Waals surface area (Å²) in [4.78, 5) is 32.7. The molecule has 3 N–H and O–H groups in total. The lowest BCUT2D eigenvalue weighted by molar-refractivity contribution is 0.0752. The molecule has 1 saturated heterocycles. The smallest absolute Gasteiger partial charge is 0.272 e. The van der Waals surface area contributed by atoms with Crippen LogP contribution in [0.15, 0.2) is 6.33 Å². The summed E-state index contributed by atoms with van der Waals surface area (Å²) in [7, 11) is 0. The third kappa shape index (κ3) is 3.81. The first kappa shape index (κ1) is 15.5. The molecule has 2 amide bonds. The first-order valence-corrected chi connectivity index (χ1v) is 7.07. The van der Waals surface area contributed by atoms with Gasteiger partial charge in [-0.25, -0.2) is 4.98 Å². The van der Waals surface area contributed by atoms with Crippen molar-refractivity contribution in [1.29, 1.82) is 0 Å². The van der Waals surface area contributed by atoms with Crippen LogP contribution >= 0.6 is 0 Å². The molecule has 1 aliphatic heterocycles. The maximum Gasteiger partial charge on any atom is 0.272 e. The summed E-state index contributed by atoms with van der Waals surface area (Å²) in [5.41, 5.74) is 0.232. The van der Waals surface area contributed by atoms with Gasteiger partial charge in [-0.15, -0.1) is 0 Å². The van der Waals surface area contributed by atoms with Gasteiger partial charge in [-0.05, 0) is 11.8 Å². The highest BCUT2D eigenvalue weighted by atomic mass is 16.3. The van der Waals surface area contributed by atoms with E-state index in [0.29, 0.717) is 26.1 Å². The number of carbonyl (C=O) groups excluding carboxylic acids is 2. The lowest BCUT2D eigenvalue weighted by Crippen LogP contribution is -2.35. The number of aromatic amines is 1. The van der Waals surface area contributed by atoms with Crippen molar-refractivity contribution in [2.45, 2.75) is 33.3 Å². The van der Waals surface area contributed by atoms with Crippen LogP contribution in [-0.4, -0.2) is 57.5 Å². The maximum atomic E-state index is 12.3. The fourth-order valence-electron chi connectivity index (χ4n) is 2.14. The molecule has 1 fully saturated rings. The van der Waals surface area contributed by atoms with Gasteiger partial charge in [0.05, 0.1) is 12.4 Å². The summed E-state index contributed by atoms with van der Waals surface area (Å²) in [6.45, 7) is 7.30. The predicted octanol–water partition coefficient (Wildman–Crippen LogP) is 0.392. The van der Waals surface area contributed by atoms with Crippen LogP contribution in [-0.2, 0) is 0 Å². The zero-order chi connectivity index (χ0) is 15.6. The summed E-state index contributed by atoms with van der Waals surface area (Å²) >= 11 is 0. The van der Waals surface area contributed by atoms with E-state index in [1.165, 1.54) is 11.2 Å². The van der Waals surface area contributed by atoms with Gasteiger partial charge >= 0.3 is 0 Å². The normalized spacial score (nSPS) is 18.9. The van der Waals surface area contributed by atoms with E-state index in [-0.39, 0.29) is 28.6 Å². The Hall–Kier alpha value is -1.89. The first-order chi connectivity index (χ1) is 9.78. The van der Waals surface area contributed by atoms with Crippen LogP contribution in [0.5, 0.6) is 0 Å². The Morgan fingerprint density at radius 2 is 2.24 bits per heavy atom. The molecule has 2 rings (SSSR count). The van der Waals surface area contributed by atoms with Crippen LogP contribution < -0.4 is 5.32 Å². The number of amides is 2. The zero-order valence-electron chi connectivity index (χ0n) is 12.6. The molecule has 21 heavy (non-hydrogen) atoms. The maximum absolute atomic E-state index is 12.3. The second-order valence-electron chi connectivity index (χ2n) is 6.56. The topological polar surface area (TPSA) is 98.3 Å². The van der Waals surface area contributed by atoms with Gasteiger partial charge in [-0.3, -0.25) is 9.59 Å². The molecule has 0 saturated carbocycles. The minimum absolute atomic E-state index is 0.0464. The molecule has 1 aliphatic rings. The molecule has 116 valence electrons. The van der Waals surface area contributed by atoms with Crippen LogP contribution in [0.2, 0.25) is 0 Å².